The Kier molecular flexibility index (Phi) is 6.16. The maximum atomic E-state index is 13.3. The molecule has 0 saturated heterocycles. The maximum Gasteiger partial charge on any atom is 0.239 e. The number of carbonyl (C=O) groups excluding carboxylic acids is 3. The van der Waals surface area contributed by atoms with Crippen LogP contribution in [0.2, 0.25) is 0 Å². The molecule has 1 aromatic heterocycles. The molecule has 1 fully saturated rings. The summed E-state index contributed by atoms with van der Waals surface area (Å²) in [6.45, 7) is 0.836. The van der Waals surface area contributed by atoms with Crippen LogP contribution >= 0.6 is 0 Å². The zero-order chi connectivity index (χ0) is 20.9. The third kappa shape index (κ3) is 4.40. The van der Waals surface area contributed by atoms with Crippen LogP contribution in [0.3, 0.4) is 0 Å². The van der Waals surface area contributed by atoms with Crippen LogP contribution in [-0.4, -0.2) is 30.8 Å². The summed E-state index contributed by atoms with van der Waals surface area (Å²) < 4.78 is 5.17. The van der Waals surface area contributed by atoms with E-state index >= 15 is 0 Å². The number of para-hydroxylation sites is 1. The second-order valence-corrected chi connectivity index (χ2v) is 7.94. The molecule has 7 nitrogen and oxygen atoms in total. The lowest BCUT2D eigenvalue weighted by Crippen LogP contribution is -2.47. The van der Waals surface area contributed by atoms with Gasteiger partial charge in [0.15, 0.2) is 0 Å². The Morgan fingerprint density at radius 2 is 1.80 bits per heavy atom. The topological polar surface area (TPSA) is 91.7 Å². The summed E-state index contributed by atoms with van der Waals surface area (Å²) in [5.74, 6) is -0.547. The second-order valence-electron chi connectivity index (χ2n) is 7.94. The quantitative estimate of drug-likeness (QED) is 0.766. The van der Waals surface area contributed by atoms with Crippen LogP contribution < -0.4 is 15.5 Å². The van der Waals surface area contributed by atoms with Crippen molar-refractivity contribution in [1.82, 2.24) is 10.6 Å². The van der Waals surface area contributed by atoms with Gasteiger partial charge in [-0.25, -0.2) is 0 Å². The first kappa shape index (κ1) is 20.2. The summed E-state index contributed by atoms with van der Waals surface area (Å²) in [5, 5.41) is 5.44. The number of fused-ring (bicyclic) bond motifs is 1. The van der Waals surface area contributed by atoms with Gasteiger partial charge in [-0.05, 0) is 43.0 Å². The van der Waals surface area contributed by atoms with E-state index in [1.54, 1.807) is 18.4 Å². The largest absolute Gasteiger partial charge is 0.467 e. The van der Waals surface area contributed by atoms with Gasteiger partial charge in [-0.1, -0.05) is 31.0 Å². The molecule has 7 heteroatoms. The van der Waals surface area contributed by atoms with Crippen molar-refractivity contribution in [2.75, 3.05) is 18.0 Å². The fourth-order valence-electron chi connectivity index (χ4n) is 4.47. The summed E-state index contributed by atoms with van der Waals surface area (Å²) in [6, 6.07) is 11.5. The lowest BCUT2D eigenvalue weighted by Gasteiger charge is -2.32. The average Bonchev–Trinajstić information content (AvgIpc) is 3.45. The number of anilines is 1. The lowest BCUT2D eigenvalue weighted by molar-refractivity contribution is -0.136. The molecule has 1 aliphatic carbocycles. The van der Waals surface area contributed by atoms with Crippen molar-refractivity contribution in [2.24, 2.45) is 11.8 Å². The van der Waals surface area contributed by atoms with E-state index in [2.05, 4.69) is 16.7 Å². The molecule has 4 rings (SSSR count). The minimum Gasteiger partial charge on any atom is -0.467 e. The van der Waals surface area contributed by atoms with E-state index in [0.29, 0.717) is 25.1 Å². The highest BCUT2D eigenvalue weighted by molar-refractivity contribution is 6.00. The Labute approximate surface area is 175 Å². The third-order valence-electron chi connectivity index (χ3n) is 6.04. The monoisotopic (exact) mass is 409 g/mol. The molecule has 2 aliphatic rings. The molecule has 30 heavy (non-hydrogen) atoms. The highest BCUT2D eigenvalue weighted by Gasteiger charge is 2.39. The summed E-state index contributed by atoms with van der Waals surface area (Å²) in [7, 11) is 0. The molecule has 2 atom stereocenters. The molecule has 3 amide bonds. The first-order chi connectivity index (χ1) is 14.6. The number of rotatable bonds is 6. The first-order valence-corrected chi connectivity index (χ1v) is 10.6. The Balaban J connectivity index is 1.34. The molecular weight excluding hydrogens is 382 g/mol. The van der Waals surface area contributed by atoms with Gasteiger partial charge in [0, 0.05) is 18.2 Å². The van der Waals surface area contributed by atoms with Gasteiger partial charge in [-0.3, -0.25) is 14.4 Å². The van der Waals surface area contributed by atoms with Crippen molar-refractivity contribution in [2.45, 2.75) is 38.6 Å². The van der Waals surface area contributed by atoms with Crippen LogP contribution in [0.25, 0.3) is 0 Å². The number of amides is 3. The molecule has 1 saturated carbocycles. The van der Waals surface area contributed by atoms with E-state index in [9.17, 15) is 14.4 Å². The fraction of sp³-hybridized carbons (Fsp3) is 0.435. The number of hydrogen-bond donors (Lipinski definition) is 2. The summed E-state index contributed by atoms with van der Waals surface area (Å²) >= 11 is 0. The van der Waals surface area contributed by atoms with Crippen LogP contribution in [0.4, 0.5) is 5.69 Å². The van der Waals surface area contributed by atoms with Crippen LogP contribution in [0, 0.1) is 11.8 Å². The standard InChI is InChI=1S/C23H27N3O4/c27-21(24-14-17-7-5-13-30-17)15-25-22(28)18-8-2-3-9-19(18)23(29)26-12-11-16-6-1-4-10-20(16)26/h1,4-7,10,13,18-19H,2-3,8-9,11-12,14-15H2,(H,24,27)(H,25,28)/t18-,19+/m1/s1. The van der Waals surface area contributed by atoms with Crippen LogP contribution in [-0.2, 0) is 27.3 Å². The zero-order valence-electron chi connectivity index (χ0n) is 16.9. The van der Waals surface area contributed by atoms with Gasteiger partial charge in [0.1, 0.15) is 5.76 Å². The van der Waals surface area contributed by atoms with Gasteiger partial charge >= 0.3 is 0 Å². The molecule has 0 spiro atoms. The van der Waals surface area contributed by atoms with Gasteiger partial charge in [-0.15, -0.1) is 0 Å². The highest BCUT2D eigenvalue weighted by Crippen LogP contribution is 2.35. The van der Waals surface area contributed by atoms with Gasteiger partial charge in [0.2, 0.25) is 17.7 Å². The minimum atomic E-state index is -0.392. The van der Waals surface area contributed by atoms with Gasteiger partial charge in [0.25, 0.3) is 0 Å². The lowest BCUT2D eigenvalue weighted by atomic mass is 9.77. The van der Waals surface area contributed by atoms with Crippen LogP contribution in [0.5, 0.6) is 0 Å². The van der Waals surface area contributed by atoms with E-state index in [4.69, 9.17) is 4.42 Å². The summed E-state index contributed by atoms with van der Waals surface area (Å²) in [4.78, 5) is 40.0. The van der Waals surface area contributed by atoms with E-state index in [1.807, 2.05) is 23.1 Å². The molecule has 1 aliphatic heterocycles. The van der Waals surface area contributed by atoms with E-state index in [1.165, 1.54) is 5.56 Å². The summed E-state index contributed by atoms with van der Waals surface area (Å²) in [6.07, 6.45) is 5.64. The fourth-order valence-corrected chi connectivity index (χ4v) is 4.47. The van der Waals surface area contributed by atoms with Crippen molar-refractivity contribution >= 4 is 23.4 Å². The summed E-state index contributed by atoms with van der Waals surface area (Å²) in [5.41, 5.74) is 2.14. The van der Waals surface area contributed by atoms with Crippen LogP contribution in [0.1, 0.15) is 37.0 Å². The number of benzene rings is 1. The van der Waals surface area contributed by atoms with Crippen molar-refractivity contribution in [1.29, 1.82) is 0 Å². The van der Waals surface area contributed by atoms with E-state index in [-0.39, 0.29) is 36.7 Å². The number of furan rings is 1. The number of nitrogens with zero attached hydrogens (tertiary/aromatic N) is 1. The van der Waals surface area contributed by atoms with Crippen molar-refractivity contribution in [3.05, 3.63) is 54.0 Å². The number of hydrogen-bond acceptors (Lipinski definition) is 4. The number of carbonyl (C=O) groups is 3. The van der Waals surface area contributed by atoms with Crippen molar-refractivity contribution < 1.29 is 18.8 Å². The Morgan fingerprint density at radius 3 is 2.60 bits per heavy atom. The maximum absolute atomic E-state index is 13.3. The Bertz CT molecular complexity index is 909. The Morgan fingerprint density at radius 1 is 1.00 bits per heavy atom. The molecule has 158 valence electrons. The average molecular weight is 409 g/mol. The zero-order valence-corrected chi connectivity index (χ0v) is 16.9. The third-order valence-corrected chi connectivity index (χ3v) is 6.04. The number of nitrogens with one attached hydrogen (secondary N) is 2. The van der Waals surface area contributed by atoms with Crippen molar-refractivity contribution in [3.63, 3.8) is 0 Å². The first-order valence-electron chi connectivity index (χ1n) is 10.6. The molecule has 1 aromatic carbocycles. The van der Waals surface area contributed by atoms with Crippen molar-refractivity contribution in [3.8, 4) is 0 Å². The minimum absolute atomic E-state index is 0.0297. The molecule has 0 unspecified atom stereocenters. The SMILES string of the molecule is O=C(CNC(=O)[C@@H]1CCCC[C@@H]1C(=O)N1CCc2ccccc21)NCc1ccco1. The van der Waals surface area contributed by atoms with E-state index < -0.39 is 5.92 Å². The van der Waals surface area contributed by atoms with Gasteiger partial charge in [0.05, 0.1) is 25.3 Å². The Hall–Kier alpha value is -3.09. The predicted octanol–water partition coefficient (Wildman–Crippen LogP) is 2.41. The molecule has 2 heterocycles. The predicted molar refractivity (Wildman–Crippen MR) is 112 cm³/mol. The van der Waals surface area contributed by atoms with Gasteiger partial charge in [-0.2, -0.15) is 0 Å². The second kappa shape index (κ2) is 9.15. The molecule has 2 N–H and O–H groups in total. The smallest absolute Gasteiger partial charge is 0.239 e. The van der Waals surface area contributed by atoms with Crippen LogP contribution in [0.15, 0.2) is 47.1 Å². The highest BCUT2D eigenvalue weighted by atomic mass is 16.3. The van der Waals surface area contributed by atoms with E-state index in [0.717, 1.165) is 24.9 Å². The molecule has 2 aromatic rings. The van der Waals surface area contributed by atoms with Gasteiger partial charge < -0.3 is 20.0 Å². The molecular formula is C23H27N3O4. The molecule has 0 bridgehead atoms. The normalized spacial score (nSPS) is 20.5. The molecule has 0 radical (unpaired) electrons.